The van der Waals surface area contributed by atoms with Crippen molar-refractivity contribution in [2.75, 3.05) is 11.5 Å². The van der Waals surface area contributed by atoms with E-state index >= 15 is 0 Å². The number of ether oxygens (including phenoxy) is 6. The maximum Gasteiger partial charge on any atom is 0.509 e. The number of hydrogen-bond acceptors (Lipinski definition) is 25. The van der Waals surface area contributed by atoms with Crippen molar-refractivity contribution in [2.24, 2.45) is 0 Å². The Balaban J connectivity index is 0.000000201. The number of nitrogen functional groups attached to an aromatic ring is 2. The van der Waals surface area contributed by atoms with E-state index in [1.165, 1.54) is 43.7 Å². The number of carbonyl (C=O) groups is 3. The minimum atomic E-state index is -4.37. The van der Waals surface area contributed by atoms with Crippen LogP contribution in [0.5, 0.6) is 11.5 Å². The van der Waals surface area contributed by atoms with E-state index in [0.717, 1.165) is 75.0 Å². The molecule has 2 unspecified atom stereocenters. The molecule has 4 aromatic carbocycles. The molecule has 31 heteroatoms. The van der Waals surface area contributed by atoms with E-state index in [0.29, 0.717) is 33.1 Å². The summed E-state index contributed by atoms with van der Waals surface area (Å²) in [5.41, 5.74) is 13.2. The van der Waals surface area contributed by atoms with Gasteiger partial charge in [-0.15, -0.1) is 0 Å². The predicted octanol–water partition coefficient (Wildman–Crippen LogP) is 9.71. The first-order valence-electron chi connectivity index (χ1n) is 30.6. The van der Waals surface area contributed by atoms with Crippen LogP contribution in [0.4, 0.5) is 16.4 Å². The summed E-state index contributed by atoms with van der Waals surface area (Å²) >= 11 is 0. The van der Waals surface area contributed by atoms with Crippen LogP contribution in [-0.4, -0.2) is 140 Å². The molecule has 504 valence electrons. The number of esters is 2. The number of nitrogens with zero attached hydrogens (tertiary/aromatic N) is 8. The molecule has 0 spiro atoms. The highest BCUT2D eigenvalue weighted by atomic mass is 31.2. The lowest BCUT2D eigenvalue weighted by Gasteiger charge is -2.30. The summed E-state index contributed by atoms with van der Waals surface area (Å²) in [5.74, 6) is -0.296. The van der Waals surface area contributed by atoms with Gasteiger partial charge in [0.25, 0.3) is 0 Å². The molecular formula is C63H80N12O17P2. The Hall–Kier alpha value is -7.95. The Morgan fingerprint density at radius 3 is 1.48 bits per heavy atom. The van der Waals surface area contributed by atoms with Crippen LogP contribution in [0, 0.1) is 0 Å². The maximum absolute atomic E-state index is 14.7. The number of aliphatic hydroxyl groups excluding tert-OH is 2. The van der Waals surface area contributed by atoms with Crippen molar-refractivity contribution in [2.45, 2.75) is 192 Å². The number of nitrogens with two attached hydrogens (primary N) is 2. The number of imidazole rings is 2. The van der Waals surface area contributed by atoms with Crippen molar-refractivity contribution in [1.82, 2.24) is 49.2 Å². The van der Waals surface area contributed by atoms with Crippen LogP contribution in [0.3, 0.4) is 0 Å². The largest absolute Gasteiger partial charge is 0.509 e. The van der Waals surface area contributed by atoms with Gasteiger partial charge in [0, 0.05) is 10.8 Å². The average molecular weight is 1340 g/mol. The maximum atomic E-state index is 14.7. The molecule has 5 fully saturated rings. The SMILES string of the molecule is C.C.C[C@H](NP(=O)(Oc1cccc2ccccc12)O[C@@H](C)[C@H]1O[C@@H](n2cnc3c(N)ncnc32)[C@@H]2OC(=O)O[C@@H]21)C(=O)OC1CCCCC1.C[C@H](NP(=O)(Oc1cccc2ccccc12)O[C@@H](C)[C@H]1O[C@@H](n2cnc3c(N)ncnc32)[C@H](O)[C@@H]1O)C(=O)OC1CCCCC1. The number of aromatic nitrogens is 8. The highest BCUT2D eigenvalue weighted by molar-refractivity contribution is 7.52. The van der Waals surface area contributed by atoms with E-state index in [-0.39, 0.29) is 50.2 Å². The highest BCUT2D eigenvalue weighted by Crippen LogP contribution is 2.52. The molecule has 13 rings (SSSR count). The summed E-state index contributed by atoms with van der Waals surface area (Å²) in [4.78, 5) is 63.4. The van der Waals surface area contributed by atoms with E-state index in [1.807, 2.05) is 60.7 Å². The second kappa shape index (κ2) is 29.4. The molecular weight excluding hydrogens is 1260 g/mol. The van der Waals surface area contributed by atoms with Crippen LogP contribution >= 0.6 is 15.5 Å². The molecule has 14 atom stereocenters. The molecule has 4 aromatic heterocycles. The molecule has 8 N–H and O–H groups in total. The number of fused-ring (bicyclic) bond motifs is 5. The first-order valence-corrected chi connectivity index (χ1v) is 33.7. The zero-order valence-electron chi connectivity index (χ0n) is 50.7. The molecule has 0 amide bonds. The topological polar surface area (TPSA) is 381 Å². The number of nitrogens with one attached hydrogen (secondary N) is 2. The van der Waals surface area contributed by atoms with Gasteiger partial charge in [0.15, 0.2) is 47.6 Å². The van der Waals surface area contributed by atoms with Gasteiger partial charge in [-0.1, -0.05) is 100 Å². The van der Waals surface area contributed by atoms with Crippen LogP contribution in [0.1, 0.15) is 119 Å². The monoisotopic (exact) mass is 1340 g/mol. The Kier molecular flexibility index (Phi) is 21.5. The fraction of sp³-hybridized carbons (Fsp3) is 0.476. The van der Waals surface area contributed by atoms with Crippen molar-refractivity contribution < 1.29 is 80.2 Å². The first kappa shape index (κ1) is 68.9. The van der Waals surface area contributed by atoms with Crippen molar-refractivity contribution in [3.63, 3.8) is 0 Å². The van der Waals surface area contributed by atoms with Gasteiger partial charge >= 0.3 is 33.6 Å². The minimum absolute atomic E-state index is 0. The number of hydrogen-bond donors (Lipinski definition) is 6. The second-order valence-electron chi connectivity index (χ2n) is 23.4. The molecule has 8 aromatic rings. The van der Waals surface area contributed by atoms with E-state index in [1.54, 1.807) is 42.7 Å². The van der Waals surface area contributed by atoms with Gasteiger partial charge in [0.2, 0.25) is 0 Å². The average Bonchev–Trinajstić information content (AvgIpc) is 1.60. The zero-order valence-corrected chi connectivity index (χ0v) is 52.5. The lowest BCUT2D eigenvalue weighted by molar-refractivity contribution is -0.153. The van der Waals surface area contributed by atoms with E-state index < -0.39 is 107 Å². The Morgan fingerprint density at radius 2 is 0.989 bits per heavy atom. The number of aliphatic hydroxyl groups is 2. The number of rotatable bonds is 20. The fourth-order valence-corrected chi connectivity index (χ4v) is 15.6. The van der Waals surface area contributed by atoms with Gasteiger partial charge in [-0.3, -0.25) is 27.8 Å². The van der Waals surface area contributed by atoms with Crippen LogP contribution in [0.15, 0.2) is 110 Å². The van der Waals surface area contributed by atoms with Crippen molar-refractivity contribution in [3.05, 3.63) is 110 Å². The Bertz CT molecular complexity index is 4070. The number of carbonyl (C=O) groups excluding carboxylic acids is 3. The van der Waals surface area contributed by atoms with Gasteiger partial charge in [-0.2, -0.15) is 10.2 Å². The normalized spacial score (nSPS) is 24.8. The van der Waals surface area contributed by atoms with Crippen molar-refractivity contribution in [3.8, 4) is 11.5 Å². The van der Waals surface area contributed by atoms with Gasteiger partial charge in [-0.05, 0) is 102 Å². The molecule has 29 nitrogen and oxygen atoms in total. The molecule has 3 aliphatic heterocycles. The Morgan fingerprint density at radius 1 is 0.564 bits per heavy atom. The van der Waals surface area contributed by atoms with E-state index in [9.17, 15) is 33.7 Å². The summed E-state index contributed by atoms with van der Waals surface area (Å²) in [6.07, 6.45) is 2.26. The van der Waals surface area contributed by atoms with Crippen LogP contribution < -0.4 is 30.7 Å². The summed E-state index contributed by atoms with van der Waals surface area (Å²) < 4.78 is 91.4. The summed E-state index contributed by atoms with van der Waals surface area (Å²) in [6.45, 7) is 6.20. The third kappa shape index (κ3) is 14.8. The van der Waals surface area contributed by atoms with Crippen molar-refractivity contribution in [1.29, 1.82) is 0 Å². The minimum Gasteiger partial charge on any atom is -0.461 e. The third-order valence-corrected chi connectivity index (χ3v) is 20.3. The molecule has 0 radical (unpaired) electrons. The fourth-order valence-electron chi connectivity index (χ4n) is 12.2. The zero-order chi connectivity index (χ0) is 64.4. The van der Waals surface area contributed by atoms with E-state index in [4.69, 9.17) is 58.0 Å². The standard InChI is InChI=1S/C31H35N6O9P.C30H37N6O8P.2CH4/c1-17(30(38)41-20-11-4-3-5-12-20)36-47(40,46-22-14-8-10-19-9-6-7-13-21(19)22)45-18(2)24-25-26(44-31(39)43-25)29(42-24)37-16-35-23-27(32)33-15-34-28(23)37;1-17(30(39)41-20-11-4-3-5-12-20)35-45(40,44-22-14-8-10-19-9-6-7-13-21(19)22)43-18(2)26-24(37)25(38)29(42-26)36-16-34-23-27(31)32-15-33-28(23)36;;/h6-10,13-18,20,24-26,29H,3-5,11-12H2,1-2H3,(H,36,40)(H2,32,33,34);6-10,13-18,20,24-26,29,37-38H,3-5,11-12H2,1-2H3,(H,35,40)(H2,31,32,33);2*1H4/t17-,18-,24+,25+,26+,29+,47?;17-,18-,24-,25+,26+,29+,45?;;/m00../s1. The van der Waals surface area contributed by atoms with Gasteiger partial charge in [0.1, 0.15) is 83.9 Å². The lowest BCUT2D eigenvalue weighted by Crippen LogP contribution is -2.41. The molecule has 5 aliphatic rings. The number of benzene rings is 4. The lowest BCUT2D eigenvalue weighted by atomic mass is 9.98. The second-order valence-corrected chi connectivity index (χ2v) is 26.7. The van der Waals surface area contributed by atoms with Crippen LogP contribution in [0.25, 0.3) is 43.9 Å². The van der Waals surface area contributed by atoms with Crippen molar-refractivity contribution >= 4 is 89.1 Å². The molecule has 7 heterocycles. The molecule has 2 saturated carbocycles. The number of anilines is 2. The Labute approximate surface area is 542 Å². The summed E-state index contributed by atoms with van der Waals surface area (Å²) in [6, 6.07) is 23.3. The summed E-state index contributed by atoms with van der Waals surface area (Å²) in [7, 11) is -8.73. The molecule has 94 heavy (non-hydrogen) atoms. The molecule has 3 saturated heterocycles. The summed E-state index contributed by atoms with van der Waals surface area (Å²) in [5, 5.41) is 30.6. The first-order chi connectivity index (χ1) is 44.3. The van der Waals surface area contributed by atoms with E-state index in [2.05, 4.69) is 40.1 Å². The van der Waals surface area contributed by atoms with Gasteiger partial charge < -0.3 is 59.1 Å². The highest BCUT2D eigenvalue weighted by Gasteiger charge is 2.58. The van der Waals surface area contributed by atoms with Gasteiger partial charge in [0.05, 0.1) is 24.9 Å². The third-order valence-electron chi connectivity index (χ3n) is 16.8. The quantitative estimate of drug-likeness (QED) is 0.0235. The van der Waals surface area contributed by atoms with Gasteiger partial charge in [-0.25, -0.2) is 43.8 Å². The smallest absolute Gasteiger partial charge is 0.461 e. The van der Waals surface area contributed by atoms with Crippen LogP contribution in [0.2, 0.25) is 0 Å². The predicted molar refractivity (Wildman–Crippen MR) is 344 cm³/mol. The molecule has 0 bridgehead atoms. The molecule has 2 aliphatic carbocycles. The van der Waals surface area contributed by atoms with Crippen LogP contribution in [-0.2, 0) is 56.2 Å².